The number of carbonyl (C=O) groups excluding carboxylic acids is 1. The monoisotopic (exact) mass is 232 g/mol. The fourth-order valence-corrected chi connectivity index (χ4v) is 1.80. The zero-order valence-corrected chi connectivity index (χ0v) is 9.42. The molecule has 0 saturated carbocycles. The molecule has 1 aromatic carbocycles. The molecule has 1 aliphatic rings. The predicted octanol–water partition coefficient (Wildman–Crippen LogP) is 1.93. The van der Waals surface area contributed by atoms with Gasteiger partial charge in [0.05, 0.1) is 25.5 Å². The Balaban J connectivity index is 2.42. The van der Waals surface area contributed by atoms with Gasteiger partial charge >= 0.3 is 6.09 Å². The van der Waals surface area contributed by atoms with Gasteiger partial charge in [-0.25, -0.2) is 4.79 Å². The summed E-state index contributed by atoms with van der Waals surface area (Å²) in [6.45, 7) is 0.280. The van der Waals surface area contributed by atoms with Crippen LogP contribution in [0.25, 0.3) is 0 Å². The molecule has 2 rings (SSSR count). The first kappa shape index (κ1) is 11.3. The number of para-hydroxylation sites is 2. The van der Waals surface area contributed by atoms with E-state index in [1.807, 2.05) is 0 Å². The van der Waals surface area contributed by atoms with Crippen molar-refractivity contribution in [2.45, 2.75) is 12.5 Å². The smallest absolute Gasteiger partial charge is 0.415 e. The Labute approximate surface area is 99.2 Å². The van der Waals surface area contributed by atoms with Crippen molar-refractivity contribution in [3.63, 3.8) is 0 Å². The summed E-state index contributed by atoms with van der Waals surface area (Å²) in [6.07, 6.45) is -0.00684. The molecule has 5 nitrogen and oxygen atoms in total. The maximum absolute atomic E-state index is 11.7. The number of amides is 1. The van der Waals surface area contributed by atoms with E-state index in [0.29, 0.717) is 17.9 Å². The van der Waals surface area contributed by atoms with Crippen LogP contribution >= 0.6 is 0 Å². The maximum atomic E-state index is 11.7. The molecule has 0 aliphatic carbocycles. The normalized spacial score (nSPS) is 19.4. The highest BCUT2D eigenvalue weighted by Gasteiger charge is 2.32. The fraction of sp³-hybridized carbons (Fsp3) is 0.333. The second kappa shape index (κ2) is 4.74. The number of hydrogen-bond donors (Lipinski definition) is 0. The summed E-state index contributed by atoms with van der Waals surface area (Å²) in [7, 11) is 1.52. The van der Waals surface area contributed by atoms with Gasteiger partial charge in [-0.15, -0.1) is 0 Å². The summed E-state index contributed by atoms with van der Waals surface area (Å²) in [5, 5.41) is 9.06. The highest BCUT2D eigenvalue weighted by Crippen LogP contribution is 2.31. The Morgan fingerprint density at radius 1 is 1.53 bits per heavy atom. The highest BCUT2D eigenvalue weighted by molar-refractivity contribution is 5.91. The van der Waals surface area contributed by atoms with Crippen LogP contribution in [0.4, 0.5) is 10.5 Å². The second-order valence-corrected chi connectivity index (χ2v) is 3.59. The van der Waals surface area contributed by atoms with Crippen LogP contribution in [0.2, 0.25) is 0 Å². The lowest BCUT2D eigenvalue weighted by atomic mass is 10.1. The predicted molar refractivity (Wildman–Crippen MR) is 60.8 cm³/mol. The third kappa shape index (κ3) is 2.02. The molecule has 0 spiro atoms. The van der Waals surface area contributed by atoms with E-state index in [4.69, 9.17) is 14.7 Å². The van der Waals surface area contributed by atoms with Gasteiger partial charge in [-0.1, -0.05) is 12.1 Å². The first-order valence-electron chi connectivity index (χ1n) is 5.26. The van der Waals surface area contributed by atoms with Crippen molar-refractivity contribution < 1.29 is 14.3 Å². The molecule has 0 N–H and O–H groups in total. The van der Waals surface area contributed by atoms with Gasteiger partial charge < -0.3 is 9.47 Å². The average Bonchev–Trinajstić information content (AvgIpc) is 2.38. The largest absolute Gasteiger partial charge is 0.495 e. The van der Waals surface area contributed by atoms with E-state index in [9.17, 15) is 4.79 Å². The van der Waals surface area contributed by atoms with Gasteiger partial charge in [-0.05, 0) is 12.1 Å². The van der Waals surface area contributed by atoms with Crippen molar-refractivity contribution in [1.82, 2.24) is 0 Å². The van der Waals surface area contributed by atoms with Crippen molar-refractivity contribution in [3.05, 3.63) is 24.3 Å². The van der Waals surface area contributed by atoms with Crippen molar-refractivity contribution >= 4 is 11.8 Å². The average molecular weight is 232 g/mol. The van der Waals surface area contributed by atoms with Crippen LogP contribution in [-0.4, -0.2) is 25.9 Å². The topological polar surface area (TPSA) is 62.6 Å². The summed E-state index contributed by atoms with van der Waals surface area (Å²) in [5.41, 5.74) is 0.561. The van der Waals surface area contributed by atoms with Crippen molar-refractivity contribution in [2.75, 3.05) is 18.6 Å². The molecule has 0 bridgehead atoms. The molecular weight excluding hydrogens is 220 g/mol. The van der Waals surface area contributed by atoms with Crippen LogP contribution in [-0.2, 0) is 4.74 Å². The fourth-order valence-electron chi connectivity index (χ4n) is 1.80. The minimum atomic E-state index is -0.507. The van der Waals surface area contributed by atoms with E-state index in [1.54, 1.807) is 24.3 Å². The lowest BCUT2D eigenvalue weighted by Crippen LogP contribution is -2.45. The molecule has 1 aromatic rings. The maximum Gasteiger partial charge on any atom is 0.415 e. The third-order valence-electron chi connectivity index (χ3n) is 2.62. The highest BCUT2D eigenvalue weighted by atomic mass is 16.6. The van der Waals surface area contributed by atoms with E-state index in [1.165, 1.54) is 12.0 Å². The van der Waals surface area contributed by atoms with Crippen molar-refractivity contribution in [1.29, 1.82) is 5.26 Å². The number of nitriles is 1. The number of carbonyl (C=O) groups is 1. The van der Waals surface area contributed by atoms with Gasteiger partial charge in [0.2, 0.25) is 0 Å². The van der Waals surface area contributed by atoms with Crippen molar-refractivity contribution in [2.24, 2.45) is 0 Å². The lowest BCUT2D eigenvalue weighted by Gasteiger charge is -2.31. The molecule has 17 heavy (non-hydrogen) atoms. The number of cyclic esters (lactones) is 1. The molecule has 0 aromatic heterocycles. The number of anilines is 1. The van der Waals surface area contributed by atoms with Crippen LogP contribution in [0, 0.1) is 11.3 Å². The van der Waals surface area contributed by atoms with E-state index < -0.39 is 12.1 Å². The minimum Gasteiger partial charge on any atom is -0.495 e. The number of hydrogen-bond acceptors (Lipinski definition) is 4. The quantitative estimate of drug-likeness (QED) is 0.781. The molecule has 1 amide bonds. The van der Waals surface area contributed by atoms with E-state index in [-0.39, 0.29) is 6.61 Å². The van der Waals surface area contributed by atoms with Gasteiger partial charge in [0.1, 0.15) is 11.8 Å². The molecule has 1 atom stereocenters. The molecule has 1 heterocycles. The van der Waals surface area contributed by atoms with Gasteiger partial charge in [-0.2, -0.15) is 5.26 Å². The Bertz CT molecular complexity index is 467. The van der Waals surface area contributed by atoms with Gasteiger partial charge in [0, 0.05) is 6.42 Å². The van der Waals surface area contributed by atoms with Crippen molar-refractivity contribution in [3.8, 4) is 11.8 Å². The molecule has 1 unspecified atom stereocenters. The Morgan fingerprint density at radius 3 is 3.00 bits per heavy atom. The number of benzene rings is 1. The van der Waals surface area contributed by atoms with Crippen LogP contribution in [0.15, 0.2) is 24.3 Å². The van der Waals surface area contributed by atoms with Crippen LogP contribution in [0.5, 0.6) is 5.75 Å². The third-order valence-corrected chi connectivity index (χ3v) is 2.62. The Hall–Kier alpha value is -2.22. The molecule has 1 fully saturated rings. The number of rotatable bonds is 2. The van der Waals surface area contributed by atoms with Crippen LogP contribution in [0.3, 0.4) is 0 Å². The van der Waals surface area contributed by atoms with Crippen LogP contribution < -0.4 is 9.64 Å². The summed E-state index contributed by atoms with van der Waals surface area (Å²) in [6, 6.07) is 8.66. The SMILES string of the molecule is COc1ccccc1N1C(=O)OCCC1C#N. The zero-order chi connectivity index (χ0) is 12.3. The zero-order valence-electron chi connectivity index (χ0n) is 9.42. The number of ether oxygens (including phenoxy) is 2. The summed E-state index contributed by atoms with van der Waals surface area (Å²) >= 11 is 0. The number of nitrogens with zero attached hydrogens (tertiary/aromatic N) is 2. The Kier molecular flexibility index (Phi) is 3.15. The number of methoxy groups -OCH3 is 1. The second-order valence-electron chi connectivity index (χ2n) is 3.59. The first-order valence-corrected chi connectivity index (χ1v) is 5.26. The van der Waals surface area contributed by atoms with Crippen LogP contribution in [0.1, 0.15) is 6.42 Å². The molecule has 0 radical (unpaired) electrons. The Morgan fingerprint density at radius 2 is 2.29 bits per heavy atom. The molecular formula is C12H12N2O3. The van der Waals surface area contributed by atoms with Gasteiger partial charge in [0.15, 0.2) is 0 Å². The van der Waals surface area contributed by atoms with E-state index in [2.05, 4.69) is 6.07 Å². The molecule has 5 heteroatoms. The summed E-state index contributed by atoms with van der Waals surface area (Å²) in [5.74, 6) is 0.548. The lowest BCUT2D eigenvalue weighted by molar-refractivity contribution is 0.134. The minimum absolute atomic E-state index is 0.280. The van der Waals surface area contributed by atoms with Gasteiger partial charge in [0.25, 0.3) is 0 Å². The standard InChI is InChI=1S/C12H12N2O3/c1-16-11-5-3-2-4-10(11)14-9(8-13)6-7-17-12(14)15/h2-5,9H,6-7H2,1H3. The van der Waals surface area contributed by atoms with E-state index in [0.717, 1.165) is 0 Å². The molecule has 1 aliphatic heterocycles. The first-order chi connectivity index (χ1) is 8.27. The molecule has 1 saturated heterocycles. The van der Waals surface area contributed by atoms with E-state index >= 15 is 0 Å². The summed E-state index contributed by atoms with van der Waals surface area (Å²) < 4.78 is 10.1. The molecule has 88 valence electrons. The summed E-state index contributed by atoms with van der Waals surface area (Å²) in [4.78, 5) is 13.1. The van der Waals surface area contributed by atoms with Gasteiger partial charge in [-0.3, -0.25) is 4.90 Å².